The Hall–Kier alpha value is -3.02. The van der Waals surface area contributed by atoms with Crippen LogP contribution in [0.4, 0.5) is 6.01 Å². The van der Waals surface area contributed by atoms with E-state index < -0.39 is 5.97 Å². The number of fused-ring (bicyclic) bond motifs is 1. The maximum atomic E-state index is 11.3. The first-order valence-electron chi connectivity index (χ1n) is 6.62. The van der Waals surface area contributed by atoms with Gasteiger partial charge in [0.15, 0.2) is 6.61 Å². The minimum absolute atomic E-state index is 0.0712. The van der Waals surface area contributed by atoms with Crippen molar-refractivity contribution in [3.8, 4) is 17.0 Å². The van der Waals surface area contributed by atoms with Gasteiger partial charge in [0, 0.05) is 0 Å². The fourth-order valence-corrected chi connectivity index (χ4v) is 2.23. The summed E-state index contributed by atoms with van der Waals surface area (Å²) in [6.07, 6.45) is 1.46. The van der Waals surface area contributed by atoms with E-state index in [4.69, 9.17) is 14.9 Å². The van der Waals surface area contributed by atoms with Crippen LogP contribution in [0.25, 0.3) is 22.0 Å². The van der Waals surface area contributed by atoms with Crippen molar-refractivity contribution in [3.63, 3.8) is 0 Å². The molecule has 6 nitrogen and oxygen atoms in total. The maximum absolute atomic E-state index is 11.3. The second kappa shape index (κ2) is 5.77. The zero-order valence-electron chi connectivity index (χ0n) is 11.9. The normalized spacial score (nSPS) is 10.6. The largest absolute Gasteiger partial charge is 0.481 e. The van der Waals surface area contributed by atoms with E-state index in [1.807, 2.05) is 30.3 Å². The summed E-state index contributed by atoms with van der Waals surface area (Å²) < 4.78 is 15.2. The fourth-order valence-electron chi connectivity index (χ4n) is 2.23. The number of aromatic nitrogens is 1. The summed E-state index contributed by atoms with van der Waals surface area (Å²) in [6.45, 7) is -0.185. The lowest BCUT2D eigenvalue weighted by molar-refractivity contribution is -0.142. The van der Waals surface area contributed by atoms with Crippen LogP contribution in [-0.4, -0.2) is 24.7 Å². The summed E-state index contributed by atoms with van der Waals surface area (Å²) in [4.78, 5) is 15.5. The molecule has 0 aliphatic rings. The van der Waals surface area contributed by atoms with Gasteiger partial charge in [-0.05, 0) is 16.8 Å². The molecule has 0 unspecified atom stereocenters. The SMILES string of the molecule is COC(=O)COc1ccc2ccccc2c1-c1coc(N)n1. The van der Waals surface area contributed by atoms with Gasteiger partial charge in [0.2, 0.25) is 0 Å². The molecule has 3 aromatic rings. The van der Waals surface area contributed by atoms with Crippen molar-refractivity contribution in [1.82, 2.24) is 4.98 Å². The van der Waals surface area contributed by atoms with E-state index in [-0.39, 0.29) is 12.6 Å². The Kier molecular flexibility index (Phi) is 3.65. The molecule has 0 amide bonds. The van der Waals surface area contributed by atoms with Gasteiger partial charge in [-0.25, -0.2) is 4.79 Å². The molecule has 0 radical (unpaired) electrons. The summed E-state index contributed by atoms with van der Waals surface area (Å²) in [5.74, 6) is 0.0520. The molecule has 6 heteroatoms. The van der Waals surface area contributed by atoms with E-state index in [0.717, 1.165) is 16.3 Å². The summed E-state index contributed by atoms with van der Waals surface area (Å²) in [7, 11) is 1.31. The van der Waals surface area contributed by atoms with E-state index in [2.05, 4.69) is 9.72 Å². The number of esters is 1. The van der Waals surface area contributed by atoms with Crippen LogP contribution < -0.4 is 10.5 Å². The lowest BCUT2D eigenvalue weighted by Crippen LogP contribution is -2.13. The lowest BCUT2D eigenvalue weighted by Gasteiger charge is -2.12. The van der Waals surface area contributed by atoms with Gasteiger partial charge in [-0.15, -0.1) is 0 Å². The number of oxazole rings is 1. The molecule has 1 aromatic heterocycles. The molecule has 112 valence electrons. The fraction of sp³-hybridized carbons (Fsp3) is 0.125. The molecule has 0 spiro atoms. The molecule has 0 saturated carbocycles. The zero-order valence-corrected chi connectivity index (χ0v) is 11.9. The van der Waals surface area contributed by atoms with Crippen molar-refractivity contribution < 1.29 is 18.7 Å². The van der Waals surface area contributed by atoms with Crippen LogP contribution in [0.3, 0.4) is 0 Å². The Morgan fingerprint density at radius 2 is 2.09 bits per heavy atom. The molecule has 0 aliphatic heterocycles. The number of hydrogen-bond acceptors (Lipinski definition) is 6. The van der Waals surface area contributed by atoms with Gasteiger partial charge in [-0.3, -0.25) is 0 Å². The Labute approximate surface area is 126 Å². The third-order valence-electron chi connectivity index (χ3n) is 3.24. The Balaban J connectivity index is 2.12. The van der Waals surface area contributed by atoms with Crippen LogP contribution in [0.15, 0.2) is 47.1 Å². The number of methoxy groups -OCH3 is 1. The quantitative estimate of drug-likeness (QED) is 0.745. The summed E-state index contributed by atoms with van der Waals surface area (Å²) in [6, 6.07) is 11.5. The first kappa shape index (κ1) is 13.9. The number of ether oxygens (including phenoxy) is 2. The highest BCUT2D eigenvalue weighted by Gasteiger charge is 2.15. The van der Waals surface area contributed by atoms with Crippen LogP contribution in [0.2, 0.25) is 0 Å². The monoisotopic (exact) mass is 298 g/mol. The van der Waals surface area contributed by atoms with Crippen molar-refractivity contribution in [2.75, 3.05) is 19.5 Å². The molecular weight excluding hydrogens is 284 g/mol. The van der Waals surface area contributed by atoms with Crippen LogP contribution in [-0.2, 0) is 9.53 Å². The molecule has 0 atom stereocenters. The Bertz CT molecular complexity index is 826. The van der Waals surface area contributed by atoms with Gasteiger partial charge < -0.3 is 19.6 Å². The van der Waals surface area contributed by atoms with E-state index >= 15 is 0 Å². The topological polar surface area (TPSA) is 87.6 Å². The second-order valence-corrected chi connectivity index (χ2v) is 4.60. The van der Waals surface area contributed by atoms with E-state index in [0.29, 0.717) is 11.4 Å². The number of benzene rings is 2. The van der Waals surface area contributed by atoms with E-state index in [1.54, 1.807) is 6.07 Å². The number of carbonyl (C=O) groups excluding carboxylic acids is 1. The number of carbonyl (C=O) groups is 1. The van der Waals surface area contributed by atoms with E-state index in [9.17, 15) is 4.79 Å². The van der Waals surface area contributed by atoms with Gasteiger partial charge in [-0.1, -0.05) is 30.3 Å². The van der Waals surface area contributed by atoms with Gasteiger partial charge in [0.25, 0.3) is 6.01 Å². The molecule has 0 fully saturated rings. The second-order valence-electron chi connectivity index (χ2n) is 4.60. The first-order valence-corrected chi connectivity index (χ1v) is 6.62. The standard InChI is InChI=1S/C16H14N2O4/c1-20-14(19)9-21-13-7-6-10-4-2-3-5-11(10)15(13)12-8-22-16(17)18-12/h2-8H,9H2,1H3,(H2,17,18). The van der Waals surface area contributed by atoms with Gasteiger partial charge in [0.1, 0.15) is 17.7 Å². The van der Waals surface area contributed by atoms with Crippen molar-refractivity contribution in [3.05, 3.63) is 42.7 Å². The Morgan fingerprint density at radius 1 is 1.27 bits per heavy atom. The lowest BCUT2D eigenvalue weighted by atomic mass is 10.0. The van der Waals surface area contributed by atoms with Crippen LogP contribution in [0.1, 0.15) is 0 Å². The molecule has 0 bridgehead atoms. The van der Waals surface area contributed by atoms with Gasteiger partial charge in [-0.2, -0.15) is 4.98 Å². The first-order chi connectivity index (χ1) is 10.7. The maximum Gasteiger partial charge on any atom is 0.343 e. The molecule has 2 N–H and O–H groups in total. The highest BCUT2D eigenvalue weighted by molar-refractivity contribution is 5.99. The predicted octanol–water partition coefficient (Wildman–Crippen LogP) is 2.63. The molecule has 2 aromatic carbocycles. The van der Waals surface area contributed by atoms with Crippen LogP contribution in [0.5, 0.6) is 5.75 Å². The van der Waals surface area contributed by atoms with E-state index in [1.165, 1.54) is 13.4 Å². The molecule has 3 rings (SSSR count). The average Bonchev–Trinajstić information content (AvgIpc) is 2.97. The van der Waals surface area contributed by atoms with Crippen molar-refractivity contribution in [1.29, 1.82) is 0 Å². The number of nitrogens with zero attached hydrogens (tertiary/aromatic N) is 1. The average molecular weight is 298 g/mol. The summed E-state index contributed by atoms with van der Waals surface area (Å²) in [5, 5.41) is 1.95. The number of rotatable bonds is 4. The van der Waals surface area contributed by atoms with Crippen molar-refractivity contribution >= 4 is 22.8 Å². The van der Waals surface area contributed by atoms with Crippen molar-refractivity contribution in [2.45, 2.75) is 0 Å². The van der Waals surface area contributed by atoms with Gasteiger partial charge in [0.05, 0.1) is 12.7 Å². The molecule has 0 saturated heterocycles. The third-order valence-corrected chi connectivity index (χ3v) is 3.24. The highest BCUT2D eigenvalue weighted by atomic mass is 16.6. The smallest absolute Gasteiger partial charge is 0.343 e. The van der Waals surface area contributed by atoms with Crippen LogP contribution in [0, 0.1) is 0 Å². The highest BCUT2D eigenvalue weighted by Crippen LogP contribution is 2.36. The summed E-state index contributed by atoms with van der Waals surface area (Å²) in [5.41, 5.74) is 6.84. The molecule has 22 heavy (non-hydrogen) atoms. The molecular formula is C16H14N2O4. The number of hydrogen-bond donors (Lipinski definition) is 1. The summed E-state index contributed by atoms with van der Waals surface area (Å²) >= 11 is 0. The zero-order chi connectivity index (χ0) is 15.5. The molecule has 1 heterocycles. The van der Waals surface area contributed by atoms with Crippen LogP contribution >= 0.6 is 0 Å². The number of nitrogens with two attached hydrogens (primary N) is 1. The number of anilines is 1. The third kappa shape index (κ3) is 2.58. The predicted molar refractivity (Wildman–Crippen MR) is 81.4 cm³/mol. The minimum Gasteiger partial charge on any atom is -0.481 e. The molecule has 0 aliphatic carbocycles. The Morgan fingerprint density at radius 3 is 2.82 bits per heavy atom. The van der Waals surface area contributed by atoms with Gasteiger partial charge >= 0.3 is 5.97 Å². The van der Waals surface area contributed by atoms with Crippen molar-refractivity contribution in [2.24, 2.45) is 0 Å². The number of nitrogen functional groups attached to an aromatic ring is 1. The minimum atomic E-state index is -0.459.